The fourth-order valence-electron chi connectivity index (χ4n) is 2.15. The maximum atomic E-state index is 6.03. The van der Waals surface area contributed by atoms with Gasteiger partial charge in [0.2, 0.25) is 0 Å². The first-order valence-corrected chi connectivity index (χ1v) is 6.61. The van der Waals surface area contributed by atoms with Gasteiger partial charge in [-0.25, -0.2) is 9.97 Å². The Hall–Kier alpha value is -1.90. The minimum Gasteiger partial charge on any atom is -0.383 e. The van der Waals surface area contributed by atoms with Crippen LogP contribution >= 0.6 is 0 Å². The van der Waals surface area contributed by atoms with Crippen LogP contribution in [-0.4, -0.2) is 9.97 Å². The number of nitrogens with zero attached hydrogens (tertiary/aromatic N) is 2. The summed E-state index contributed by atoms with van der Waals surface area (Å²) < 4.78 is 0. The predicted octanol–water partition coefficient (Wildman–Crippen LogP) is 3.77. The fourth-order valence-corrected chi connectivity index (χ4v) is 2.15. The number of nitrogens with two attached hydrogens (primary N) is 1. The predicted molar refractivity (Wildman–Crippen MR) is 80.2 cm³/mol. The zero-order valence-corrected chi connectivity index (χ0v) is 12.3. The topological polar surface area (TPSA) is 51.8 Å². The van der Waals surface area contributed by atoms with Gasteiger partial charge in [0, 0.05) is 17.0 Å². The molecule has 0 unspecified atom stereocenters. The number of anilines is 1. The number of aromatic nitrogens is 2. The molecule has 0 saturated carbocycles. The number of hydrogen-bond acceptors (Lipinski definition) is 3. The molecule has 100 valence electrons. The van der Waals surface area contributed by atoms with Gasteiger partial charge < -0.3 is 5.73 Å². The summed E-state index contributed by atoms with van der Waals surface area (Å²) in [7, 11) is 0. The van der Waals surface area contributed by atoms with Gasteiger partial charge in [0.15, 0.2) is 0 Å². The van der Waals surface area contributed by atoms with Gasteiger partial charge in [-0.15, -0.1) is 0 Å². The Labute approximate surface area is 114 Å². The van der Waals surface area contributed by atoms with E-state index in [1.165, 1.54) is 11.1 Å². The Bertz CT molecular complexity index is 616. The van der Waals surface area contributed by atoms with Crippen LogP contribution in [0.5, 0.6) is 0 Å². The van der Waals surface area contributed by atoms with Crippen molar-refractivity contribution in [3.05, 3.63) is 40.7 Å². The molecule has 0 radical (unpaired) electrons. The molecule has 0 amide bonds. The standard InChI is InChI=1S/C16H21N3/c1-9(2)16-18-14(12(5)15(17)19-16)13-7-6-10(3)8-11(13)4/h6-9H,1-5H3,(H2,17,18,19). The van der Waals surface area contributed by atoms with Crippen molar-refractivity contribution >= 4 is 5.82 Å². The third-order valence-electron chi connectivity index (χ3n) is 3.35. The molecule has 19 heavy (non-hydrogen) atoms. The Morgan fingerprint density at radius 3 is 2.32 bits per heavy atom. The number of nitrogen functional groups attached to an aromatic ring is 1. The molecular formula is C16H21N3. The Balaban J connectivity index is 2.67. The van der Waals surface area contributed by atoms with E-state index >= 15 is 0 Å². The van der Waals surface area contributed by atoms with E-state index in [0.717, 1.165) is 22.6 Å². The number of rotatable bonds is 2. The molecule has 0 bridgehead atoms. The summed E-state index contributed by atoms with van der Waals surface area (Å²) in [5.41, 5.74) is 11.5. The highest BCUT2D eigenvalue weighted by Crippen LogP contribution is 2.29. The van der Waals surface area contributed by atoms with E-state index in [0.29, 0.717) is 5.82 Å². The lowest BCUT2D eigenvalue weighted by Gasteiger charge is -2.14. The van der Waals surface area contributed by atoms with Crippen molar-refractivity contribution < 1.29 is 0 Å². The summed E-state index contributed by atoms with van der Waals surface area (Å²) in [6, 6.07) is 6.39. The second-order valence-electron chi connectivity index (χ2n) is 5.41. The normalized spacial score (nSPS) is 11.1. The second-order valence-corrected chi connectivity index (χ2v) is 5.41. The average molecular weight is 255 g/mol. The highest BCUT2D eigenvalue weighted by Gasteiger charge is 2.14. The SMILES string of the molecule is Cc1ccc(-c2nc(C(C)C)nc(N)c2C)c(C)c1. The van der Waals surface area contributed by atoms with Crippen LogP contribution in [0, 0.1) is 20.8 Å². The van der Waals surface area contributed by atoms with E-state index in [4.69, 9.17) is 10.7 Å². The Morgan fingerprint density at radius 1 is 1.05 bits per heavy atom. The fraction of sp³-hybridized carbons (Fsp3) is 0.375. The molecular weight excluding hydrogens is 234 g/mol. The summed E-state index contributed by atoms with van der Waals surface area (Å²) in [4.78, 5) is 9.07. The van der Waals surface area contributed by atoms with Crippen LogP contribution in [0.3, 0.4) is 0 Å². The smallest absolute Gasteiger partial charge is 0.133 e. The van der Waals surface area contributed by atoms with E-state index in [-0.39, 0.29) is 5.92 Å². The molecule has 3 heteroatoms. The van der Waals surface area contributed by atoms with Crippen molar-refractivity contribution in [3.8, 4) is 11.3 Å². The van der Waals surface area contributed by atoms with Crippen LogP contribution in [0.4, 0.5) is 5.82 Å². The minimum absolute atomic E-state index is 0.271. The quantitative estimate of drug-likeness (QED) is 0.888. The van der Waals surface area contributed by atoms with Gasteiger partial charge in [0.25, 0.3) is 0 Å². The van der Waals surface area contributed by atoms with Gasteiger partial charge in [-0.3, -0.25) is 0 Å². The van der Waals surface area contributed by atoms with Crippen LogP contribution < -0.4 is 5.73 Å². The lowest BCUT2D eigenvalue weighted by molar-refractivity contribution is 0.776. The molecule has 2 N–H and O–H groups in total. The lowest BCUT2D eigenvalue weighted by Crippen LogP contribution is -2.06. The van der Waals surface area contributed by atoms with E-state index < -0.39 is 0 Å². The molecule has 0 saturated heterocycles. The van der Waals surface area contributed by atoms with Crippen LogP contribution in [0.1, 0.15) is 42.3 Å². The maximum Gasteiger partial charge on any atom is 0.133 e. The van der Waals surface area contributed by atoms with Crippen molar-refractivity contribution in [2.24, 2.45) is 0 Å². The van der Waals surface area contributed by atoms with Gasteiger partial charge in [-0.1, -0.05) is 37.6 Å². The van der Waals surface area contributed by atoms with E-state index in [1.807, 2.05) is 6.92 Å². The second kappa shape index (κ2) is 5.00. The van der Waals surface area contributed by atoms with Crippen LogP contribution in [0.15, 0.2) is 18.2 Å². The zero-order valence-electron chi connectivity index (χ0n) is 12.3. The molecule has 0 aliphatic heterocycles. The van der Waals surface area contributed by atoms with Gasteiger partial charge in [0.05, 0.1) is 5.69 Å². The van der Waals surface area contributed by atoms with Crippen molar-refractivity contribution in [3.63, 3.8) is 0 Å². The van der Waals surface area contributed by atoms with E-state index in [1.54, 1.807) is 0 Å². The summed E-state index contributed by atoms with van der Waals surface area (Å²) in [6.07, 6.45) is 0. The summed E-state index contributed by atoms with van der Waals surface area (Å²) in [5, 5.41) is 0. The van der Waals surface area contributed by atoms with Crippen molar-refractivity contribution in [2.45, 2.75) is 40.5 Å². The van der Waals surface area contributed by atoms with E-state index in [9.17, 15) is 0 Å². The highest BCUT2D eigenvalue weighted by molar-refractivity contribution is 5.70. The third kappa shape index (κ3) is 2.60. The summed E-state index contributed by atoms with van der Waals surface area (Å²) in [6.45, 7) is 10.3. The molecule has 0 aliphatic carbocycles. The Kier molecular flexibility index (Phi) is 3.56. The first kappa shape index (κ1) is 13.5. The van der Waals surface area contributed by atoms with Crippen LogP contribution in [0.2, 0.25) is 0 Å². The highest BCUT2D eigenvalue weighted by atomic mass is 15.0. The monoisotopic (exact) mass is 255 g/mol. The molecule has 2 rings (SSSR count). The van der Waals surface area contributed by atoms with Gasteiger partial charge in [-0.05, 0) is 26.3 Å². The number of hydrogen-bond donors (Lipinski definition) is 1. The van der Waals surface area contributed by atoms with Gasteiger partial charge in [-0.2, -0.15) is 0 Å². The maximum absolute atomic E-state index is 6.03. The molecule has 1 aromatic heterocycles. The largest absolute Gasteiger partial charge is 0.383 e. The first-order valence-electron chi connectivity index (χ1n) is 6.61. The molecule has 0 spiro atoms. The lowest BCUT2D eigenvalue weighted by atomic mass is 9.99. The van der Waals surface area contributed by atoms with E-state index in [2.05, 4.69) is 50.9 Å². The molecule has 0 aliphatic rings. The summed E-state index contributed by atoms with van der Waals surface area (Å²) >= 11 is 0. The first-order chi connectivity index (χ1) is 8.90. The average Bonchev–Trinajstić information content (AvgIpc) is 2.33. The summed E-state index contributed by atoms with van der Waals surface area (Å²) in [5.74, 6) is 1.65. The molecule has 1 heterocycles. The van der Waals surface area contributed by atoms with Crippen LogP contribution in [-0.2, 0) is 0 Å². The van der Waals surface area contributed by atoms with Gasteiger partial charge in [0.1, 0.15) is 11.6 Å². The Morgan fingerprint density at radius 2 is 1.74 bits per heavy atom. The molecule has 2 aromatic rings. The van der Waals surface area contributed by atoms with Crippen molar-refractivity contribution in [1.29, 1.82) is 0 Å². The molecule has 3 nitrogen and oxygen atoms in total. The third-order valence-corrected chi connectivity index (χ3v) is 3.35. The molecule has 1 aromatic carbocycles. The van der Waals surface area contributed by atoms with Crippen molar-refractivity contribution in [2.75, 3.05) is 5.73 Å². The van der Waals surface area contributed by atoms with Gasteiger partial charge >= 0.3 is 0 Å². The molecule has 0 atom stereocenters. The van der Waals surface area contributed by atoms with Crippen LogP contribution in [0.25, 0.3) is 11.3 Å². The number of benzene rings is 1. The molecule has 0 fully saturated rings. The number of aryl methyl sites for hydroxylation is 2. The zero-order chi connectivity index (χ0) is 14.2. The van der Waals surface area contributed by atoms with Crippen molar-refractivity contribution in [1.82, 2.24) is 9.97 Å². The minimum atomic E-state index is 0.271.